The van der Waals surface area contributed by atoms with Crippen LogP contribution < -0.4 is 21.1 Å². The summed E-state index contributed by atoms with van der Waals surface area (Å²) >= 11 is 0. The number of nitrogens with zero attached hydrogens (tertiary/aromatic N) is 3. The predicted octanol–water partition coefficient (Wildman–Crippen LogP) is 3.72. The van der Waals surface area contributed by atoms with Gasteiger partial charge in [0.05, 0.1) is 35.1 Å². The van der Waals surface area contributed by atoms with Crippen molar-refractivity contribution in [1.29, 1.82) is 0 Å². The molecule has 3 amide bonds. The van der Waals surface area contributed by atoms with Crippen molar-refractivity contribution in [2.45, 2.75) is 90.7 Å². The van der Waals surface area contributed by atoms with Crippen molar-refractivity contribution in [3.05, 3.63) is 91.5 Å². The number of nitrogens with one attached hydrogen (secondary N) is 2. The molecule has 2 aromatic heterocycles. The van der Waals surface area contributed by atoms with E-state index in [4.69, 9.17) is 14.5 Å². The van der Waals surface area contributed by atoms with Crippen LogP contribution in [0, 0.1) is 18.7 Å². The highest BCUT2D eigenvalue weighted by Gasteiger charge is 2.46. The predicted molar refractivity (Wildman–Crippen MR) is 198 cm³/mol. The molecule has 0 radical (unpaired) electrons. The van der Waals surface area contributed by atoms with Gasteiger partial charge in [0.15, 0.2) is 5.60 Å². The van der Waals surface area contributed by atoms with Gasteiger partial charge in [-0.25, -0.2) is 14.2 Å². The van der Waals surface area contributed by atoms with E-state index in [1.807, 2.05) is 31.2 Å². The zero-order chi connectivity index (χ0) is 39.1. The van der Waals surface area contributed by atoms with Crippen LogP contribution in [0.1, 0.15) is 85.5 Å². The molecule has 1 aliphatic carbocycles. The Labute approximate surface area is 315 Å². The average Bonchev–Trinajstić information content (AvgIpc) is 3.53. The summed E-state index contributed by atoms with van der Waals surface area (Å²) in [5.74, 6) is -2.57. The van der Waals surface area contributed by atoms with E-state index in [-0.39, 0.29) is 55.8 Å². The van der Waals surface area contributed by atoms with Gasteiger partial charge in [-0.2, -0.15) is 0 Å². The first-order chi connectivity index (χ1) is 26.1. The Kier molecular flexibility index (Phi) is 8.69. The SMILES string of the molecule is CC[C@@]1(O)C(=O)OCc2c1cc1n(c2=O)Cc2c-1nc1cc(F)c(C)c3c1c2[C@@H](NC(=O)C(C)(C)OCNC(=O)CN1C(=O)[C@@H](C)Cc2ccccc21)CC3. The number of benzene rings is 2. The Balaban J connectivity index is 1.06. The third kappa shape index (κ3) is 5.72. The number of rotatable bonds is 8. The van der Waals surface area contributed by atoms with E-state index < -0.39 is 46.4 Å². The highest BCUT2D eigenvalue weighted by Crippen LogP contribution is 2.46. The normalized spacial score (nSPS) is 21.0. The summed E-state index contributed by atoms with van der Waals surface area (Å²) < 4.78 is 28.0. The third-order valence-corrected chi connectivity index (χ3v) is 11.7. The van der Waals surface area contributed by atoms with Gasteiger partial charge < -0.3 is 34.7 Å². The molecule has 0 saturated heterocycles. The number of hydrogen-bond donors (Lipinski definition) is 3. The molecule has 14 heteroatoms. The summed E-state index contributed by atoms with van der Waals surface area (Å²) in [5, 5.41) is 17.9. The second-order valence-corrected chi connectivity index (χ2v) is 15.4. The lowest BCUT2D eigenvalue weighted by molar-refractivity contribution is -0.172. The molecule has 4 aliphatic rings. The monoisotopic (exact) mass is 751 g/mol. The molecule has 8 rings (SSSR count). The van der Waals surface area contributed by atoms with E-state index in [0.717, 1.165) is 11.1 Å². The number of aromatic nitrogens is 2. The minimum absolute atomic E-state index is 0.0135. The molecule has 0 spiro atoms. The Morgan fingerprint density at radius 1 is 1.15 bits per heavy atom. The summed E-state index contributed by atoms with van der Waals surface area (Å²) in [5.41, 5.74) is 1.95. The second kappa shape index (κ2) is 13.1. The molecule has 2 aromatic carbocycles. The molecular formula is C41H42FN5O8. The van der Waals surface area contributed by atoms with Gasteiger partial charge in [-0.1, -0.05) is 32.0 Å². The van der Waals surface area contributed by atoms with Gasteiger partial charge in [0, 0.05) is 34.2 Å². The lowest BCUT2D eigenvalue weighted by Gasteiger charge is -2.33. The van der Waals surface area contributed by atoms with E-state index in [1.54, 1.807) is 33.8 Å². The molecule has 3 N–H and O–H groups in total. The van der Waals surface area contributed by atoms with Gasteiger partial charge in [0.1, 0.15) is 31.3 Å². The number of cyclic esters (lactones) is 1. The Hall–Kier alpha value is -5.47. The van der Waals surface area contributed by atoms with Gasteiger partial charge in [0.2, 0.25) is 11.8 Å². The fourth-order valence-corrected chi connectivity index (χ4v) is 8.50. The van der Waals surface area contributed by atoms with Crippen molar-refractivity contribution in [3.8, 4) is 11.4 Å². The molecular weight excluding hydrogens is 709 g/mol. The molecule has 3 aliphatic heterocycles. The van der Waals surface area contributed by atoms with Gasteiger partial charge in [0.25, 0.3) is 11.5 Å². The number of para-hydroxylation sites is 1. The number of aliphatic hydroxyl groups is 1. The molecule has 0 fully saturated rings. The fourth-order valence-electron chi connectivity index (χ4n) is 8.50. The number of ether oxygens (including phenoxy) is 2. The number of pyridine rings is 2. The number of aryl methyl sites for hydroxylation is 1. The quantitative estimate of drug-likeness (QED) is 0.158. The van der Waals surface area contributed by atoms with Crippen LogP contribution in [0.3, 0.4) is 0 Å². The number of esters is 1. The summed E-state index contributed by atoms with van der Waals surface area (Å²) in [6, 6.07) is 9.86. The molecule has 286 valence electrons. The van der Waals surface area contributed by atoms with E-state index in [0.29, 0.717) is 63.9 Å². The minimum atomic E-state index is -2.01. The Bertz CT molecular complexity index is 2420. The van der Waals surface area contributed by atoms with Crippen molar-refractivity contribution in [2.75, 3.05) is 18.2 Å². The van der Waals surface area contributed by atoms with Crippen molar-refractivity contribution in [3.63, 3.8) is 0 Å². The molecule has 55 heavy (non-hydrogen) atoms. The van der Waals surface area contributed by atoms with E-state index in [9.17, 15) is 29.1 Å². The van der Waals surface area contributed by atoms with Gasteiger partial charge in [-0.15, -0.1) is 0 Å². The summed E-state index contributed by atoms with van der Waals surface area (Å²) in [6.45, 7) is 7.67. The lowest BCUT2D eigenvalue weighted by Crippen LogP contribution is -2.49. The maximum Gasteiger partial charge on any atom is 0.343 e. The van der Waals surface area contributed by atoms with Crippen molar-refractivity contribution < 1.29 is 38.1 Å². The van der Waals surface area contributed by atoms with Crippen LogP contribution in [-0.2, 0) is 60.2 Å². The smallest absolute Gasteiger partial charge is 0.343 e. The molecule has 5 heterocycles. The van der Waals surface area contributed by atoms with Gasteiger partial charge >= 0.3 is 5.97 Å². The van der Waals surface area contributed by atoms with Gasteiger partial charge in [-0.3, -0.25) is 19.2 Å². The number of carbonyl (C=O) groups is 4. The van der Waals surface area contributed by atoms with Crippen molar-refractivity contribution in [2.24, 2.45) is 5.92 Å². The van der Waals surface area contributed by atoms with Crippen LogP contribution in [0.2, 0.25) is 0 Å². The highest BCUT2D eigenvalue weighted by atomic mass is 19.1. The fraction of sp³-hybridized carbons (Fsp3) is 0.415. The number of fused-ring (bicyclic) bond motifs is 6. The zero-order valence-electron chi connectivity index (χ0n) is 31.3. The van der Waals surface area contributed by atoms with Crippen LogP contribution in [-0.4, -0.2) is 57.2 Å². The van der Waals surface area contributed by atoms with E-state index in [1.165, 1.54) is 15.5 Å². The maximum atomic E-state index is 15.3. The topological polar surface area (TPSA) is 169 Å². The number of anilines is 1. The lowest BCUT2D eigenvalue weighted by atomic mass is 9.81. The average molecular weight is 752 g/mol. The summed E-state index contributed by atoms with van der Waals surface area (Å²) in [7, 11) is 0. The van der Waals surface area contributed by atoms with Crippen LogP contribution in [0.4, 0.5) is 10.1 Å². The van der Waals surface area contributed by atoms with Crippen LogP contribution in [0.5, 0.6) is 0 Å². The maximum absolute atomic E-state index is 15.3. The zero-order valence-corrected chi connectivity index (χ0v) is 31.3. The summed E-state index contributed by atoms with van der Waals surface area (Å²) in [4.78, 5) is 72.9. The first-order valence-corrected chi connectivity index (χ1v) is 18.6. The Morgan fingerprint density at radius 3 is 2.67 bits per heavy atom. The molecule has 0 unspecified atom stereocenters. The summed E-state index contributed by atoms with van der Waals surface area (Å²) in [6.07, 6.45) is 1.47. The van der Waals surface area contributed by atoms with E-state index in [2.05, 4.69) is 10.6 Å². The molecule has 0 bridgehead atoms. The van der Waals surface area contributed by atoms with Gasteiger partial charge in [-0.05, 0) is 80.8 Å². The molecule has 13 nitrogen and oxygen atoms in total. The van der Waals surface area contributed by atoms with Crippen LogP contribution >= 0.6 is 0 Å². The highest BCUT2D eigenvalue weighted by molar-refractivity contribution is 6.02. The van der Waals surface area contributed by atoms with Crippen LogP contribution in [0.25, 0.3) is 22.3 Å². The number of amides is 3. The van der Waals surface area contributed by atoms with E-state index >= 15 is 4.39 Å². The van der Waals surface area contributed by atoms with Crippen molar-refractivity contribution >= 4 is 40.3 Å². The molecule has 3 atom stereocenters. The minimum Gasteiger partial charge on any atom is -0.458 e. The Morgan fingerprint density at radius 2 is 1.91 bits per heavy atom. The number of halogens is 1. The molecule has 4 aromatic rings. The van der Waals surface area contributed by atoms with Crippen LogP contribution in [0.15, 0.2) is 41.2 Å². The largest absolute Gasteiger partial charge is 0.458 e. The second-order valence-electron chi connectivity index (χ2n) is 15.4. The third-order valence-electron chi connectivity index (χ3n) is 11.7. The first-order valence-electron chi connectivity index (χ1n) is 18.6. The standard InChI is InChI=1S/C41H42FN5O8/c1-6-41(53)26-14-31-35-24(16-46(31)37(50)25(26)18-54-39(41)52)34-28(12-11-23-21(3)27(42)15-29(44-35)33(23)34)45-38(51)40(4,5)55-19-43-32(48)17-47-30-10-8-7-9-22(30)13-20(2)36(47)49/h7-10,14-15,20,28,53H,6,11-13,16-19H2,1-5H3,(H,43,48)(H,45,51)/t20-,28-,41-/m0/s1. The number of hydrogen-bond acceptors (Lipinski definition) is 9. The molecule has 0 saturated carbocycles. The van der Waals surface area contributed by atoms with Crippen molar-refractivity contribution in [1.82, 2.24) is 20.2 Å². The first kappa shape index (κ1) is 36.5. The number of carbonyl (C=O) groups excluding carboxylic acids is 4.